The molecule has 0 aromatic heterocycles. The summed E-state index contributed by atoms with van der Waals surface area (Å²) in [6.45, 7) is 4.82. The van der Waals surface area contributed by atoms with Crippen LogP contribution >= 0.6 is 7.82 Å². The van der Waals surface area contributed by atoms with E-state index in [1.165, 1.54) is 212 Å². The predicted molar refractivity (Wildman–Crippen MR) is 304 cm³/mol. The van der Waals surface area contributed by atoms with Crippen LogP contribution in [-0.4, -0.2) is 73.4 Å². The molecule has 0 bridgehead atoms. The number of nitrogens with one attached hydrogen (secondary N) is 1. The molecule has 0 fully saturated rings. The van der Waals surface area contributed by atoms with E-state index in [9.17, 15) is 19.4 Å². The lowest BCUT2D eigenvalue weighted by atomic mass is 10.0. The number of aliphatic hydroxyl groups is 1. The number of carbonyl (C=O) groups is 1. The molecule has 3 atom stereocenters. The number of likely N-dealkylation sites (N-methyl/N-ethyl adjacent to an activating group) is 1. The van der Waals surface area contributed by atoms with E-state index < -0.39 is 20.0 Å². The lowest BCUT2D eigenvalue weighted by Crippen LogP contribution is -2.45. The number of rotatable bonds is 55. The van der Waals surface area contributed by atoms with Gasteiger partial charge in [-0.1, -0.05) is 268 Å². The van der Waals surface area contributed by atoms with Crippen molar-refractivity contribution in [3.05, 3.63) is 48.6 Å². The van der Waals surface area contributed by atoms with Crippen LogP contribution in [0.4, 0.5) is 0 Å². The zero-order chi connectivity index (χ0) is 51.3. The summed E-state index contributed by atoms with van der Waals surface area (Å²) >= 11 is 0. The molecular weight excluding hydrogens is 888 g/mol. The Morgan fingerprint density at radius 2 is 0.814 bits per heavy atom. The van der Waals surface area contributed by atoms with Crippen LogP contribution < -0.4 is 5.32 Å². The van der Waals surface area contributed by atoms with Gasteiger partial charge in [-0.15, -0.1) is 0 Å². The number of carbonyl (C=O) groups excluding carboxylic acids is 1. The molecule has 8 nitrogen and oxygen atoms in total. The first kappa shape index (κ1) is 68.5. The zero-order valence-electron chi connectivity index (χ0n) is 47.0. The molecule has 0 radical (unpaired) electrons. The fourth-order valence-corrected chi connectivity index (χ4v) is 9.55. The van der Waals surface area contributed by atoms with E-state index in [4.69, 9.17) is 9.05 Å². The first-order valence-corrected chi connectivity index (χ1v) is 31.5. The quantitative estimate of drug-likeness (QED) is 0.0243. The third-order valence-electron chi connectivity index (χ3n) is 13.5. The van der Waals surface area contributed by atoms with Crippen LogP contribution in [-0.2, 0) is 18.4 Å². The second-order valence-corrected chi connectivity index (χ2v) is 23.2. The SMILES string of the molecule is CCCCCCC/C=C\C/C=C\C/C=C\CCCCCCCCCCCCCCCCCCCCCCC(=O)NC(COP(=O)(O)OCC[N+](C)(C)C)C(O)/C=C/CCCCCCCCCCCCC. The molecule has 1 amide bonds. The zero-order valence-corrected chi connectivity index (χ0v) is 47.9. The van der Waals surface area contributed by atoms with Crippen LogP contribution in [0.3, 0.4) is 0 Å². The minimum atomic E-state index is -4.34. The Bertz CT molecular complexity index is 1280. The van der Waals surface area contributed by atoms with Crippen LogP contribution in [0, 0.1) is 0 Å². The summed E-state index contributed by atoms with van der Waals surface area (Å²) in [4.78, 5) is 23.3. The molecule has 3 N–H and O–H groups in total. The van der Waals surface area contributed by atoms with Crippen molar-refractivity contribution in [3.8, 4) is 0 Å². The van der Waals surface area contributed by atoms with Gasteiger partial charge in [0.1, 0.15) is 13.2 Å². The average Bonchev–Trinajstić information content (AvgIpc) is 3.32. The highest BCUT2D eigenvalue weighted by molar-refractivity contribution is 7.47. The van der Waals surface area contributed by atoms with Crippen LogP contribution in [0.5, 0.6) is 0 Å². The molecule has 0 aliphatic carbocycles. The summed E-state index contributed by atoms with van der Waals surface area (Å²) in [5, 5.41) is 13.9. The number of nitrogens with zero attached hydrogens (tertiary/aromatic N) is 1. The van der Waals surface area contributed by atoms with E-state index in [0.29, 0.717) is 17.4 Å². The highest BCUT2D eigenvalue weighted by Crippen LogP contribution is 2.43. The number of allylic oxidation sites excluding steroid dienone is 7. The van der Waals surface area contributed by atoms with Crippen molar-refractivity contribution in [1.82, 2.24) is 5.32 Å². The smallest absolute Gasteiger partial charge is 0.387 e. The van der Waals surface area contributed by atoms with Crippen LogP contribution in [0.15, 0.2) is 48.6 Å². The number of amides is 1. The van der Waals surface area contributed by atoms with Crippen molar-refractivity contribution in [2.45, 2.75) is 296 Å². The molecule has 0 aromatic rings. The van der Waals surface area contributed by atoms with Gasteiger partial charge < -0.3 is 19.8 Å². The lowest BCUT2D eigenvalue weighted by Gasteiger charge is -2.25. The van der Waals surface area contributed by atoms with Crippen LogP contribution in [0.2, 0.25) is 0 Å². The fourth-order valence-electron chi connectivity index (χ4n) is 8.82. The first-order chi connectivity index (χ1) is 34.0. The van der Waals surface area contributed by atoms with Gasteiger partial charge in [0.05, 0.1) is 39.9 Å². The van der Waals surface area contributed by atoms with E-state index in [2.05, 4.69) is 55.6 Å². The Hall–Kier alpha value is -1.54. The van der Waals surface area contributed by atoms with Crippen molar-refractivity contribution < 1.29 is 32.9 Å². The van der Waals surface area contributed by atoms with Gasteiger partial charge >= 0.3 is 7.82 Å². The molecule has 0 saturated heterocycles. The molecule has 0 spiro atoms. The second kappa shape index (κ2) is 52.3. The Labute approximate surface area is 435 Å². The van der Waals surface area contributed by atoms with Gasteiger partial charge in [-0.2, -0.15) is 0 Å². The summed E-state index contributed by atoms with van der Waals surface area (Å²) in [5.41, 5.74) is 0. The molecule has 0 aliphatic rings. The molecule has 412 valence electrons. The summed E-state index contributed by atoms with van der Waals surface area (Å²) < 4.78 is 23.7. The van der Waals surface area contributed by atoms with E-state index in [1.807, 2.05) is 27.2 Å². The number of phosphoric ester groups is 1. The van der Waals surface area contributed by atoms with Crippen LogP contribution in [0.25, 0.3) is 0 Å². The predicted octanol–water partition coefficient (Wildman–Crippen LogP) is 18.3. The molecule has 0 aliphatic heterocycles. The molecule has 70 heavy (non-hydrogen) atoms. The van der Waals surface area contributed by atoms with Gasteiger partial charge in [0.25, 0.3) is 0 Å². The number of hydrogen-bond donors (Lipinski definition) is 3. The highest BCUT2D eigenvalue weighted by atomic mass is 31.2. The molecule has 0 aromatic carbocycles. The number of aliphatic hydroxyl groups excluding tert-OH is 1. The molecular formula is C61H118N2O6P+. The largest absolute Gasteiger partial charge is 0.472 e. The fraction of sp³-hybridized carbons (Fsp3) is 0.852. The number of unbranched alkanes of at least 4 members (excludes halogenated alkanes) is 36. The summed E-state index contributed by atoms with van der Waals surface area (Å²) in [7, 11) is 1.58. The van der Waals surface area contributed by atoms with Crippen molar-refractivity contribution in [1.29, 1.82) is 0 Å². The van der Waals surface area contributed by atoms with Gasteiger partial charge in [0.2, 0.25) is 5.91 Å². The molecule has 0 saturated carbocycles. The van der Waals surface area contributed by atoms with Gasteiger partial charge in [-0.25, -0.2) is 4.57 Å². The maximum Gasteiger partial charge on any atom is 0.472 e. The van der Waals surface area contributed by atoms with Gasteiger partial charge in [0.15, 0.2) is 0 Å². The number of hydrogen-bond acceptors (Lipinski definition) is 5. The Morgan fingerprint density at radius 3 is 1.19 bits per heavy atom. The van der Waals surface area contributed by atoms with Gasteiger partial charge in [-0.3, -0.25) is 13.8 Å². The van der Waals surface area contributed by atoms with Gasteiger partial charge in [0, 0.05) is 6.42 Å². The maximum absolute atomic E-state index is 13.0. The first-order valence-electron chi connectivity index (χ1n) is 30.0. The van der Waals surface area contributed by atoms with Gasteiger partial charge in [-0.05, 0) is 57.8 Å². The van der Waals surface area contributed by atoms with E-state index >= 15 is 0 Å². The minimum Gasteiger partial charge on any atom is -0.387 e. The number of phosphoric acid groups is 1. The van der Waals surface area contributed by atoms with Crippen LogP contribution in [0.1, 0.15) is 284 Å². The molecule has 9 heteroatoms. The Kier molecular flexibility index (Phi) is 51.2. The molecule has 0 heterocycles. The topological polar surface area (TPSA) is 105 Å². The lowest BCUT2D eigenvalue weighted by molar-refractivity contribution is -0.870. The highest BCUT2D eigenvalue weighted by Gasteiger charge is 2.27. The monoisotopic (exact) mass is 1010 g/mol. The summed E-state index contributed by atoms with van der Waals surface area (Å²) in [5.74, 6) is -0.174. The van der Waals surface area contributed by atoms with E-state index in [1.54, 1.807) is 6.08 Å². The third kappa shape index (κ3) is 54.2. The van der Waals surface area contributed by atoms with Crippen molar-refractivity contribution >= 4 is 13.7 Å². The van der Waals surface area contributed by atoms with E-state index in [-0.39, 0.29) is 19.1 Å². The minimum absolute atomic E-state index is 0.0624. The average molecular weight is 1010 g/mol. The Morgan fingerprint density at radius 1 is 0.486 bits per heavy atom. The normalized spacial score (nSPS) is 14.2. The number of quaternary nitrogens is 1. The molecule has 3 unspecified atom stereocenters. The molecule has 0 rings (SSSR count). The van der Waals surface area contributed by atoms with Crippen molar-refractivity contribution in [3.63, 3.8) is 0 Å². The maximum atomic E-state index is 13.0. The van der Waals surface area contributed by atoms with Crippen molar-refractivity contribution in [2.24, 2.45) is 0 Å². The summed E-state index contributed by atoms with van der Waals surface area (Å²) in [6, 6.07) is -0.845. The Balaban J connectivity index is 3.97. The van der Waals surface area contributed by atoms with Crippen molar-refractivity contribution in [2.75, 3.05) is 40.9 Å². The third-order valence-corrected chi connectivity index (χ3v) is 14.5. The summed E-state index contributed by atoms with van der Waals surface area (Å²) in [6.07, 6.45) is 69.4. The second-order valence-electron chi connectivity index (χ2n) is 21.7. The van der Waals surface area contributed by atoms with E-state index in [0.717, 1.165) is 51.4 Å². The standard InChI is InChI=1S/C61H117N2O6P/c1-6-8-10-12-14-16-18-20-21-22-23-24-25-26-27-28-29-30-31-32-33-34-35-36-37-38-39-40-41-43-45-47-49-51-53-55-61(65)62-59(58-69-70(66,67)68-57-56-63(3,4)5)60(64)54-52-50-48-46-44-42-19-17-15-13-11-9-7-2/h18,20,22-23,25-26,52,54,59-60,64H,6-17,19,21,24,27-51,53,55-58H2,1-5H3,(H-,62,65,66,67)/p+1/b20-18-,23-22-,26-25-,54-52+.